The van der Waals surface area contributed by atoms with Gasteiger partial charge in [0.15, 0.2) is 0 Å². The first-order chi connectivity index (χ1) is 12.5. The average Bonchev–Trinajstić information content (AvgIpc) is 3.17. The largest absolute Gasteiger partial charge is 0.432 e. The molecule has 2 aromatic heterocycles. The van der Waals surface area contributed by atoms with Gasteiger partial charge in [-0.2, -0.15) is 18.3 Å². The predicted octanol–water partition coefficient (Wildman–Crippen LogP) is 4.88. The summed E-state index contributed by atoms with van der Waals surface area (Å²) in [5.41, 5.74) is 1.45. The Balaban J connectivity index is 1.93. The Morgan fingerprint density at radius 2 is 1.78 bits per heavy atom. The van der Waals surface area contributed by atoms with Gasteiger partial charge in [-0.25, -0.2) is 8.42 Å². The van der Waals surface area contributed by atoms with Gasteiger partial charge in [0.1, 0.15) is 16.3 Å². The molecule has 0 aliphatic rings. The highest BCUT2D eigenvalue weighted by Crippen LogP contribution is 2.36. The molecule has 0 fully saturated rings. The molecule has 0 radical (unpaired) electrons. The molecule has 0 spiro atoms. The fourth-order valence-corrected chi connectivity index (χ4v) is 5.07. The quantitative estimate of drug-likeness (QED) is 0.638. The van der Waals surface area contributed by atoms with Crippen LogP contribution in [0, 0.1) is 20.8 Å². The lowest BCUT2D eigenvalue weighted by Gasteiger charge is -2.09. The molecule has 5 nitrogen and oxygen atoms in total. The number of hydrogen-bond acceptors (Lipinski definition) is 4. The molecule has 0 bridgehead atoms. The van der Waals surface area contributed by atoms with Crippen LogP contribution in [0.4, 0.5) is 18.9 Å². The fourth-order valence-electron chi connectivity index (χ4n) is 2.47. The number of aromatic nitrogens is 2. The van der Waals surface area contributed by atoms with Crippen LogP contribution in [-0.4, -0.2) is 18.6 Å². The third-order valence-corrected chi connectivity index (χ3v) is 6.77. The molecule has 10 heteroatoms. The van der Waals surface area contributed by atoms with E-state index in [-0.39, 0.29) is 10.6 Å². The van der Waals surface area contributed by atoms with E-state index in [1.807, 2.05) is 25.0 Å². The van der Waals surface area contributed by atoms with E-state index in [1.165, 1.54) is 6.07 Å². The van der Waals surface area contributed by atoms with E-state index in [9.17, 15) is 21.6 Å². The highest BCUT2D eigenvalue weighted by molar-refractivity contribution is 7.93. The summed E-state index contributed by atoms with van der Waals surface area (Å²) in [6, 6.07) is 7.38. The van der Waals surface area contributed by atoms with Crippen LogP contribution >= 0.6 is 11.3 Å². The first-order valence-corrected chi connectivity index (χ1v) is 10.1. The van der Waals surface area contributed by atoms with Crippen LogP contribution in [0.15, 0.2) is 35.2 Å². The minimum absolute atomic E-state index is 0.0114. The first kappa shape index (κ1) is 19.4. The zero-order chi connectivity index (χ0) is 20.0. The van der Waals surface area contributed by atoms with Crippen LogP contribution in [-0.2, 0) is 16.2 Å². The van der Waals surface area contributed by atoms with Crippen molar-refractivity contribution in [3.63, 3.8) is 0 Å². The van der Waals surface area contributed by atoms with E-state index >= 15 is 0 Å². The average molecular weight is 415 g/mol. The third kappa shape index (κ3) is 4.01. The zero-order valence-corrected chi connectivity index (χ0v) is 16.2. The van der Waals surface area contributed by atoms with E-state index in [2.05, 4.69) is 9.82 Å². The number of nitrogens with one attached hydrogen (secondary N) is 2. The lowest BCUT2D eigenvalue weighted by Crippen LogP contribution is -2.13. The van der Waals surface area contributed by atoms with Crippen molar-refractivity contribution >= 4 is 27.0 Å². The number of thiophene rings is 1. The number of nitrogens with zero attached hydrogens (tertiary/aromatic N) is 1. The van der Waals surface area contributed by atoms with Crippen LogP contribution in [0.2, 0.25) is 0 Å². The standard InChI is InChI=1S/C17H16F3N3O2S2/c1-9-4-5-12(6-10(9)2)23-27(24,25)15-8-14(26-11(15)3)13-7-16(22-21-13)17(18,19)20/h4-8,23H,1-3H3,(H,21,22). The Morgan fingerprint density at radius 1 is 1.07 bits per heavy atom. The summed E-state index contributed by atoms with van der Waals surface area (Å²) in [5.74, 6) is 0. The molecule has 27 heavy (non-hydrogen) atoms. The van der Waals surface area contributed by atoms with Crippen molar-refractivity contribution in [2.45, 2.75) is 31.8 Å². The van der Waals surface area contributed by atoms with Gasteiger partial charge in [0, 0.05) is 10.6 Å². The van der Waals surface area contributed by atoms with Crippen LogP contribution in [0.25, 0.3) is 10.6 Å². The highest BCUT2D eigenvalue weighted by Gasteiger charge is 2.33. The molecule has 2 heterocycles. The molecule has 0 saturated heterocycles. The van der Waals surface area contributed by atoms with Crippen molar-refractivity contribution < 1.29 is 21.6 Å². The van der Waals surface area contributed by atoms with Crippen LogP contribution in [0.3, 0.4) is 0 Å². The molecule has 1 aromatic carbocycles. The van der Waals surface area contributed by atoms with Crippen molar-refractivity contribution in [3.8, 4) is 10.6 Å². The maximum Gasteiger partial charge on any atom is 0.432 e. The summed E-state index contributed by atoms with van der Waals surface area (Å²) in [4.78, 5) is 0.801. The summed E-state index contributed by atoms with van der Waals surface area (Å²) in [6.07, 6.45) is -4.54. The number of benzene rings is 1. The lowest BCUT2D eigenvalue weighted by molar-refractivity contribution is -0.141. The van der Waals surface area contributed by atoms with Gasteiger partial charge >= 0.3 is 6.18 Å². The summed E-state index contributed by atoms with van der Waals surface area (Å²) in [6.45, 7) is 5.39. The SMILES string of the molecule is Cc1ccc(NS(=O)(=O)c2cc(-c3cc(C(F)(F)F)[nH]n3)sc2C)cc1C. The number of anilines is 1. The number of aryl methyl sites for hydroxylation is 3. The maximum absolute atomic E-state index is 12.7. The summed E-state index contributed by atoms with van der Waals surface area (Å²) in [7, 11) is -3.88. The molecule has 0 aliphatic heterocycles. The smallest absolute Gasteiger partial charge is 0.280 e. The van der Waals surface area contributed by atoms with E-state index < -0.39 is 21.9 Å². The van der Waals surface area contributed by atoms with Gasteiger partial charge in [0.05, 0.1) is 4.88 Å². The molecule has 2 N–H and O–H groups in total. The first-order valence-electron chi connectivity index (χ1n) is 7.81. The Bertz CT molecular complexity index is 1100. The van der Waals surface area contributed by atoms with Gasteiger partial charge in [-0.1, -0.05) is 6.07 Å². The zero-order valence-electron chi connectivity index (χ0n) is 14.6. The second-order valence-corrected chi connectivity index (χ2v) is 9.01. The predicted molar refractivity (Wildman–Crippen MR) is 98.4 cm³/mol. The van der Waals surface area contributed by atoms with Crippen molar-refractivity contribution in [2.24, 2.45) is 0 Å². The molecule has 0 unspecified atom stereocenters. The monoisotopic (exact) mass is 415 g/mol. The molecule has 144 valence electrons. The molecule has 0 saturated carbocycles. The van der Waals surface area contributed by atoms with Crippen molar-refractivity contribution in [2.75, 3.05) is 4.72 Å². The third-order valence-electron chi connectivity index (χ3n) is 4.06. The number of alkyl halides is 3. The van der Waals surface area contributed by atoms with Gasteiger partial charge in [-0.05, 0) is 56.2 Å². The Kier molecular flexibility index (Phi) is 4.81. The summed E-state index contributed by atoms with van der Waals surface area (Å²) in [5, 5.41) is 5.57. The van der Waals surface area contributed by atoms with Crippen molar-refractivity contribution in [1.29, 1.82) is 0 Å². The second kappa shape index (κ2) is 6.68. The van der Waals surface area contributed by atoms with Crippen LogP contribution in [0.5, 0.6) is 0 Å². The van der Waals surface area contributed by atoms with E-state index in [1.54, 1.807) is 19.1 Å². The van der Waals surface area contributed by atoms with E-state index in [0.29, 0.717) is 15.4 Å². The van der Waals surface area contributed by atoms with Crippen molar-refractivity contribution in [3.05, 3.63) is 52.0 Å². The number of sulfonamides is 1. The van der Waals surface area contributed by atoms with Crippen LogP contribution in [0.1, 0.15) is 21.7 Å². The Labute approximate surface area is 158 Å². The number of H-pyrrole nitrogens is 1. The Morgan fingerprint density at radius 3 is 2.37 bits per heavy atom. The molecule has 3 rings (SSSR count). The number of hydrogen-bond donors (Lipinski definition) is 2. The number of halogens is 3. The molecule has 0 amide bonds. The minimum Gasteiger partial charge on any atom is -0.280 e. The van der Waals surface area contributed by atoms with E-state index in [0.717, 1.165) is 28.5 Å². The van der Waals surface area contributed by atoms with Gasteiger partial charge < -0.3 is 0 Å². The van der Waals surface area contributed by atoms with E-state index in [4.69, 9.17) is 0 Å². The summed E-state index contributed by atoms with van der Waals surface area (Å²) >= 11 is 1.07. The molecule has 0 aliphatic carbocycles. The van der Waals surface area contributed by atoms with Gasteiger partial charge in [-0.15, -0.1) is 11.3 Å². The Hall–Kier alpha value is -2.33. The molecular formula is C17H16F3N3O2S2. The lowest BCUT2D eigenvalue weighted by atomic mass is 10.1. The maximum atomic E-state index is 12.7. The molecule has 0 atom stereocenters. The van der Waals surface area contributed by atoms with Crippen LogP contribution < -0.4 is 4.72 Å². The minimum atomic E-state index is -4.54. The van der Waals surface area contributed by atoms with Gasteiger partial charge in [-0.3, -0.25) is 9.82 Å². The molecular weight excluding hydrogens is 399 g/mol. The normalized spacial score (nSPS) is 12.4. The molecule has 3 aromatic rings. The highest BCUT2D eigenvalue weighted by atomic mass is 32.2. The van der Waals surface area contributed by atoms with Gasteiger partial charge in [0.2, 0.25) is 0 Å². The number of aromatic amines is 1. The fraction of sp³-hybridized carbons (Fsp3) is 0.235. The van der Waals surface area contributed by atoms with Gasteiger partial charge in [0.25, 0.3) is 10.0 Å². The second-order valence-electron chi connectivity index (χ2n) is 6.10. The number of rotatable bonds is 4. The topological polar surface area (TPSA) is 74.8 Å². The summed E-state index contributed by atoms with van der Waals surface area (Å²) < 4.78 is 66.1. The van der Waals surface area contributed by atoms with Crippen molar-refractivity contribution in [1.82, 2.24) is 10.2 Å².